The van der Waals surface area contributed by atoms with E-state index in [0.29, 0.717) is 30.6 Å². The van der Waals surface area contributed by atoms with E-state index in [-0.39, 0.29) is 17.3 Å². The van der Waals surface area contributed by atoms with E-state index in [0.717, 1.165) is 42.6 Å². The number of benzene rings is 1. The average molecular weight is 399 g/mol. The largest absolute Gasteiger partial charge is 0.508 e. The average Bonchev–Trinajstić information content (AvgIpc) is 2.65. The molecular formula is C25H34O4. The molecular weight excluding hydrogens is 364 g/mol. The summed E-state index contributed by atoms with van der Waals surface area (Å²) < 4.78 is 17.6. The van der Waals surface area contributed by atoms with Crippen molar-refractivity contribution in [1.82, 2.24) is 0 Å². The van der Waals surface area contributed by atoms with Gasteiger partial charge in [0.05, 0.1) is 19.0 Å². The predicted octanol–water partition coefficient (Wildman–Crippen LogP) is 6.23. The van der Waals surface area contributed by atoms with Gasteiger partial charge in [0, 0.05) is 24.0 Å². The molecule has 0 amide bonds. The van der Waals surface area contributed by atoms with Gasteiger partial charge in [-0.2, -0.15) is 0 Å². The lowest BCUT2D eigenvalue weighted by atomic mass is 9.89. The number of allylic oxidation sites excluding steroid dienone is 4. The number of phenols is 1. The predicted molar refractivity (Wildman–Crippen MR) is 116 cm³/mol. The molecule has 0 spiro atoms. The van der Waals surface area contributed by atoms with Crippen LogP contribution in [0, 0.1) is 5.92 Å². The highest BCUT2D eigenvalue weighted by molar-refractivity contribution is 5.44. The number of hydrogen-bond acceptors (Lipinski definition) is 4. The second-order valence-electron chi connectivity index (χ2n) is 9.10. The Morgan fingerprint density at radius 2 is 2.10 bits per heavy atom. The van der Waals surface area contributed by atoms with Crippen LogP contribution in [0.25, 0.3) is 0 Å². The van der Waals surface area contributed by atoms with Crippen LogP contribution >= 0.6 is 0 Å². The molecule has 0 unspecified atom stereocenters. The zero-order valence-electron chi connectivity index (χ0n) is 18.2. The topological polar surface area (TPSA) is 47.9 Å². The van der Waals surface area contributed by atoms with Crippen molar-refractivity contribution in [3.8, 4) is 11.5 Å². The summed E-state index contributed by atoms with van der Waals surface area (Å²) >= 11 is 0. The fourth-order valence-corrected chi connectivity index (χ4v) is 3.77. The van der Waals surface area contributed by atoms with Crippen LogP contribution in [0.2, 0.25) is 0 Å². The molecule has 0 aromatic heterocycles. The van der Waals surface area contributed by atoms with Gasteiger partial charge in [0.2, 0.25) is 0 Å². The van der Waals surface area contributed by atoms with E-state index < -0.39 is 0 Å². The molecule has 1 aromatic carbocycles. The van der Waals surface area contributed by atoms with Crippen molar-refractivity contribution in [2.24, 2.45) is 5.92 Å². The Kier molecular flexibility index (Phi) is 6.61. The molecule has 29 heavy (non-hydrogen) atoms. The Morgan fingerprint density at radius 1 is 1.31 bits per heavy atom. The number of hydrogen-bond donors (Lipinski definition) is 1. The van der Waals surface area contributed by atoms with Crippen LogP contribution in [-0.4, -0.2) is 23.9 Å². The van der Waals surface area contributed by atoms with Gasteiger partial charge in [0.15, 0.2) is 0 Å². The van der Waals surface area contributed by atoms with Gasteiger partial charge in [-0.25, -0.2) is 0 Å². The third kappa shape index (κ3) is 5.81. The second-order valence-corrected chi connectivity index (χ2v) is 9.10. The Bertz CT molecular complexity index is 801. The summed E-state index contributed by atoms with van der Waals surface area (Å²) in [4.78, 5) is 0. The first-order valence-corrected chi connectivity index (χ1v) is 10.6. The maximum atomic E-state index is 10.5. The van der Waals surface area contributed by atoms with E-state index >= 15 is 0 Å². The standard InChI is InChI=1S/C25H34O4/c1-17(2)15-28-22-10-11-23(24(26)14-22)20-13-19(18(3)27-16-20)8-9-21-7-6-12-25(4,5)29-21/h8-11,14,17,20,26H,3,6-7,12-13,15-16H2,1-2,4-5H3/b19-8-,21-9+/t20-/m1/s1. The van der Waals surface area contributed by atoms with Crippen molar-refractivity contribution in [1.29, 1.82) is 0 Å². The zero-order chi connectivity index (χ0) is 21.0. The van der Waals surface area contributed by atoms with Crippen molar-refractivity contribution in [2.75, 3.05) is 13.2 Å². The molecule has 0 bridgehead atoms. The molecule has 2 saturated heterocycles. The summed E-state index contributed by atoms with van der Waals surface area (Å²) in [6.07, 6.45) is 8.06. The highest BCUT2D eigenvalue weighted by Gasteiger charge is 2.26. The van der Waals surface area contributed by atoms with Crippen LogP contribution in [0.4, 0.5) is 0 Å². The van der Waals surface area contributed by atoms with E-state index in [1.54, 1.807) is 6.07 Å². The molecule has 2 aliphatic rings. The molecule has 0 aliphatic carbocycles. The maximum Gasteiger partial charge on any atom is 0.123 e. The third-order valence-electron chi connectivity index (χ3n) is 5.39. The Morgan fingerprint density at radius 3 is 2.79 bits per heavy atom. The Hall–Kier alpha value is -2.36. The van der Waals surface area contributed by atoms with E-state index in [1.165, 1.54) is 0 Å². The van der Waals surface area contributed by atoms with Crippen molar-refractivity contribution >= 4 is 0 Å². The van der Waals surface area contributed by atoms with Crippen LogP contribution in [0.1, 0.15) is 64.9 Å². The number of ether oxygens (including phenoxy) is 3. The summed E-state index contributed by atoms with van der Waals surface area (Å²) in [6.45, 7) is 13.6. The number of aromatic hydroxyl groups is 1. The van der Waals surface area contributed by atoms with Crippen LogP contribution < -0.4 is 4.74 Å². The van der Waals surface area contributed by atoms with Crippen molar-refractivity contribution in [3.63, 3.8) is 0 Å². The fraction of sp³-hybridized carbons (Fsp3) is 0.520. The van der Waals surface area contributed by atoms with Gasteiger partial charge in [-0.3, -0.25) is 0 Å². The zero-order valence-corrected chi connectivity index (χ0v) is 18.2. The van der Waals surface area contributed by atoms with Crippen LogP contribution in [0.5, 0.6) is 11.5 Å². The minimum Gasteiger partial charge on any atom is -0.508 e. The van der Waals surface area contributed by atoms with E-state index in [9.17, 15) is 5.11 Å². The third-order valence-corrected chi connectivity index (χ3v) is 5.39. The molecule has 1 N–H and O–H groups in total. The fourth-order valence-electron chi connectivity index (χ4n) is 3.77. The molecule has 4 heteroatoms. The smallest absolute Gasteiger partial charge is 0.123 e. The Labute approximate surface area is 174 Å². The normalized spacial score (nSPS) is 24.4. The van der Waals surface area contributed by atoms with Gasteiger partial charge >= 0.3 is 0 Å². The molecule has 3 rings (SSSR count). The minimum absolute atomic E-state index is 0.0769. The molecule has 2 heterocycles. The van der Waals surface area contributed by atoms with Gasteiger partial charge in [-0.1, -0.05) is 32.6 Å². The van der Waals surface area contributed by atoms with Crippen LogP contribution in [0.15, 0.2) is 54.0 Å². The highest BCUT2D eigenvalue weighted by Crippen LogP contribution is 2.39. The summed E-state index contributed by atoms with van der Waals surface area (Å²) in [7, 11) is 0. The molecule has 158 valence electrons. The summed E-state index contributed by atoms with van der Waals surface area (Å²) in [6, 6.07) is 5.56. The number of phenolic OH excluding ortho intramolecular Hbond substituents is 1. The lowest BCUT2D eigenvalue weighted by molar-refractivity contribution is -0.00195. The molecule has 0 radical (unpaired) electrons. The summed E-state index contributed by atoms with van der Waals surface area (Å²) in [5.41, 5.74) is 1.82. The SMILES string of the molecule is C=C1OC[C@H](c2ccc(OCC(C)C)cc2O)C/C1=C/C=C1\CCCC(C)(C)O1. The van der Waals surface area contributed by atoms with Gasteiger partial charge < -0.3 is 19.3 Å². The molecule has 2 fully saturated rings. The van der Waals surface area contributed by atoms with Gasteiger partial charge in [-0.15, -0.1) is 0 Å². The first kappa shape index (κ1) is 21.4. The van der Waals surface area contributed by atoms with Gasteiger partial charge in [0.1, 0.15) is 22.9 Å². The lowest BCUT2D eigenvalue weighted by Crippen LogP contribution is -2.27. The lowest BCUT2D eigenvalue weighted by Gasteiger charge is -2.32. The van der Waals surface area contributed by atoms with Crippen molar-refractivity contribution in [3.05, 3.63) is 59.6 Å². The van der Waals surface area contributed by atoms with Crippen molar-refractivity contribution < 1.29 is 19.3 Å². The summed E-state index contributed by atoms with van der Waals surface area (Å²) in [5.74, 6) is 3.17. The van der Waals surface area contributed by atoms with Gasteiger partial charge in [-0.05, 0) is 56.7 Å². The minimum atomic E-state index is -0.101. The molecule has 4 nitrogen and oxygen atoms in total. The Balaban J connectivity index is 1.71. The highest BCUT2D eigenvalue weighted by atomic mass is 16.5. The van der Waals surface area contributed by atoms with E-state index in [2.05, 4.69) is 46.4 Å². The van der Waals surface area contributed by atoms with Crippen molar-refractivity contribution in [2.45, 2.75) is 64.9 Å². The first-order chi connectivity index (χ1) is 13.7. The molecule has 1 atom stereocenters. The van der Waals surface area contributed by atoms with E-state index in [4.69, 9.17) is 14.2 Å². The quantitative estimate of drug-likeness (QED) is 0.638. The van der Waals surface area contributed by atoms with Crippen LogP contribution in [-0.2, 0) is 9.47 Å². The maximum absolute atomic E-state index is 10.5. The second kappa shape index (κ2) is 8.98. The van der Waals surface area contributed by atoms with Gasteiger partial charge in [0.25, 0.3) is 0 Å². The summed E-state index contributed by atoms with van der Waals surface area (Å²) in [5, 5.41) is 10.5. The first-order valence-electron chi connectivity index (χ1n) is 10.6. The molecule has 2 aliphatic heterocycles. The number of rotatable bonds is 5. The van der Waals surface area contributed by atoms with E-state index in [1.807, 2.05) is 12.1 Å². The monoisotopic (exact) mass is 398 g/mol. The molecule has 0 saturated carbocycles. The van der Waals surface area contributed by atoms with Crippen LogP contribution in [0.3, 0.4) is 0 Å². The molecule has 1 aromatic rings.